The van der Waals surface area contributed by atoms with E-state index in [1.165, 1.54) is 6.07 Å². The number of anilines is 2. The van der Waals surface area contributed by atoms with Gasteiger partial charge in [-0.15, -0.1) is 0 Å². The zero-order valence-corrected chi connectivity index (χ0v) is 20.7. The number of methoxy groups -OCH3 is 2. The summed E-state index contributed by atoms with van der Waals surface area (Å²) in [7, 11) is 3.12. The molecule has 0 saturated heterocycles. The zero-order chi connectivity index (χ0) is 24.7. The lowest BCUT2D eigenvalue weighted by molar-refractivity contribution is -0.118. The number of nitrogen functional groups attached to an aromatic ring is 1. The van der Waals surface area contributed by atoms with E-state index in [-0.39, 0.29) is 34.1 Å². The molecule has 0 radical (unpaired) electrons. The van der Waals surface area contributed by atoms with Crippen molar-refractivity contribution >= 4 is 51.0 Å². The molecule has 0 fully saturated rings. The van der Waals surface area contributed by atoms with Crippen molar-refractivity contribution in [1.29, 1.82) is 0 Å². The summed E-state index contributed by atoms with van der Waals surface area (Å²) in [5.74, 6) is 0.179. The number of thioether (sulfide) groups is 1. The van der Waals surface area contributed by atoms with Crippen LogP contribution in [0.2, 0.25) is 0 Å². The molecule has 0 spiro atoms. The van der Waals surface area contributed by atoms with E-state index in [1.807, 2.05) is 12.1 Å². The average Bonchev–Trinajstić information content (AvgIpc) is 3.26. The Kier molecular flexibility index (Phi) is 8.60. The number of nitrogens with one attached hydrogen (secondary N) is 3. The van der Waals surface area contributed by atoms with Gasteiger partial charge in [-0.25, -0.2) is 4.98 Å². The van der Waals surface area contributed by atoms with Crippen LogP contribution in [-0.2, 0) is 11.2 Å². The molecule has 13 heteroatoms. The third-order valence-corrected chi connectivity index (χ3v) is 5.78. The van der Waals surface area contributed by atoms with E-state index in [4.69, 9.17) is 19.6 Å². The summed E-state index contributed by atoms with van der Waals surface area (Å²) in [6.45, 7) is 0.412. The van der Waals surface area contributed by atoms with Gasteiger partial charge in [0, 0.05) is 6.54 Å². The standard InChI is InChI=1S/C21H22BrN5O6S/c1-31-12-4-3-11(9-14(12)32-2)7-8-24-16(28)10-34-21-26-18(23)17(20(30)27-21)25-19(29)13-5-6-15(22)33-13/h3-6,9H,7-8,10H2,1-2H3,(H,24,28)(H,25,29)(H3,23,26,27,30). The number of rotatable bonds is 10. The highest BCUT2D eigenvalue weighted by molar-refractivity contribution is 9.10. The van der Waals surface area contributed by atoms with E-state index in [9.17, 15) is 14.4 Å². The third-order valence-electron chi connectivity index (χ3n) is 4.48. The van der Waals surface area contributed by atoms with E-state index in [0.717, 1.165) is 17.3 Å². The van der Waals surface area contributed by atoms with E-state index in [1.54, 1.807) is 26.4 Å². The second-order valence-electron chi connectivity index (χ2n) is 6.77. The number of benzene rings is 1. The van der Waals surface area contributed by atoms with Gasteiger partial charge in [-0.05, 0) is 52.2 Å². The van der Waals surface area contributed by atoms with Crippen molar-refractivity contribution in [2.24, 2.45) is 0 Å². The van der Waals surface area contributed by atoms with Crippen LogP contribution in [0.5, 0.6) is 11.5 Å². The van der Waals surface area contributed by atoms with Crippen molar-refractivity contribution in [2.75, 3.05) is 37.6 Å². The molecule has 0 aliphatic heterocycles. The van der Waals surface area contributed by atoms with E-state index >= 15 is 0 Å². The van der Waals surface area contributed by atoms with Crippen LogP contribution in [0.1, 0.15) is 16.1 Å². The summed E-state index contributed by atoms with van der Waals surface area (Å²) in [5, 5.41) is 5.32. The first-order chi connectivity index (χ1) is 16.3. The number of H-pyrrole nitrogens is 1. The highest BCUT2D eigenvalue weighted by atomic mass is 79.9. The molecule has 5 N–H and O–H groups in total. The number of hydrogen-bond acceptors (Lipinski definition) is 9. The Morgan fingerprint density at radius 3 is 2.62 bits per heavy atom. The Labute approximate surface area is 206 Å². The number of carbonyl (C=O) groups excluding carboxylic acids is 2. The molecule has 0 bridgehead atoms. The number of carbonyl (C=O) groups is 2. The van der Waals surface area contributed by atoms with Crippen LogP contribution in [0.3, 0.4) is 0 Å². The molecule has 2 amide bonds. The lowest BCUT2D eigenvalue weighted by atomic mass is 10.1. The summed E-state index contributed by atoms with van der Waals surface area (Å²) in [6, 6.07) is 8.52. The van der Waals surface area contributed by atoms with Crippen LogP contribution in [0.25, 0.3) is 0 Å². The molecule has 11 nitrogen and oxygen atoms in total. The van der Waals surface area contributed by atoms with Gasteiger partial charge in [0.2, 0.25) is 5.91 Å². The van der Waals surface area contributed by atoms with Crippen molar-refractivity contribution in [3.8, 4) is 11.5 Å². The first-order valence-corrected chi connectivity index (χ1v) is 11.7. The molecule has 180 valence electrons. The lowest BCUT2D eigenvalue weighted by Crippen LogP contribution is -2.27. The fourth-order valence-corrected chi connectivity index (χ4v) is 3.84. The van der Waals surface area contributed by atoms with Gasteiger partial charge in [-0.2, -0.15) is 0 Å². The van der Waals surface area contributed by atoms with Gasteiger partial charge in [0.15, 0.2) is 38.6 Å². The number of furan rings is 1. The Bertz CT molecular complexity index is 1240. The largest absolute Gasteiger partial charge is 0.493 e. The third kappa shape index (κ3) is 6.54. The maximum Gasteiger partial charge on any atom is 0.291 e. The highest BCUT2D eigenvalue weighted by Crippen LogP contribution is 2.27. The summed E-state index contributed by atoms with van der Waals surface area (Å²) >= 11 is 4.10. The minimum Gasteiger partial charge on any atom is -0.493 e. The number of amides is 2. The predicted molar refractivity (Wildman–Crippen MR) is 131 cm³/mol. The van der Waals surface area contributed by atoms with Crippen molar-refractivity contribution in [3.05, 3.63) is 56.7 Å². The van der Waals surface area contributed by atoms with Crippen molar-refractivity contribution in [1.82, 2.24) is 15.3 Å². The quantitative estimate of drug-likeness (QED) is 0.219. The van der Waals surface area contributed by atoms with Crippen LogP contribution in [0, 0.1) is 0 Å². The normalized spacial score (nSPS) is 10.6. The van der Waals surface area contributed by atoms with Crippen LogP contribution < -0.4 is 31.4 Å². The second-order valence-corrected chi connectivity index (χ2v) is 8.51. The minimum absolute atomic E-state index is 0.00567. The molecule has 1 aromatic carbocycles. The number of aromatic amines is 1. The molecule has 0 atom stereocenters. The Morgan fingerprint density at radius 1 is 1.21 bits per heavy atom. The molecule has 2 heterocycles. The fraction of sp³-hybridized carbons (Fsp3) is 0.238. The number of nitrogens with zero attached hydrogens (tertiary/aromatic N) is 1. The maximum atomic E-state index is 12.3. The number of halogens is 1. The predicted octanol–water partition coefficient (Wildman–Crippen LogP) is 2.43. The van der Waals surface area contributed by atoms with Gasteiger partial charge >= 0.3 is 0 Å². The van der Waals surface area contributed by atoms with E-state index in [0.29, 0.717) is 29.1 Å². The van der Waals surface area contributed by atoms with Crippen molar-refractivity contribution in [2.45, 2.75) is 11.6 Å². The highest BCUT2D eigenvalue weighted by Gasteiger charge is 2.17. The number of aromatic nitrogens is 2. The minimum atomic E-state index is -0.654. The lowest BCUT2D eigenvalue weighted by Gasteiger charge is -2.10. The molecule has 34 heavy (non-hydrogen) atoms. The molecule has 3 rings (SSSR count). The van der Waals surface area contributed by atoms with E-state index < -0.39 is 11.5 Å². The van der Waals surface area contributed by atoms with Gasteiger partial charge in [0.25, 0.3) is 11.5 Å². The van der Waals surface area contributed by atoms with Gasteiger partial charge in [-0.1, -0.05) is 17.8 Å². The topological polar surface area (TPSA) is 162 Å². The average molecular weight is 552 g/mol. The number of ether oxygens (including phenoxy) is 2. The molecule has 0 unspecified atom stereocenters. The van der Waals surface area contributed by atoms with Crippen LogP contribution in [-0.4, -0.2) is 48.3 Å². The Hall–Kier alpha value is -3.45. The molecule has 2 aromatic heterocycles. The summed E-state index contributed by atoms with van der Waals surface area (Å²) in [6.07, 6.45) is 0.597. The van der Waals surface area contributed by atoms with Crippen molar-refractivity contribution in [3.63, 3.8) is 0 Å². The number of hydrogen-bond donors (Lipinski definition) is 4. The molecule has 0 aliphatic rings. The van der Waals surface area contributed by atoms with Gasteiger partial charge < -0.3 is 30.3 Å². The van der Waals surface area contributed by atoms with Crippen molar-refractivity contribution < 1.29 is 23.5 Å². The van der Waals surface area contributed by atoms with Crippen LogP contribution >= 0.6 is 27.7 Å². The van der Waals surface area contributed by atoms with E-state index in [2.05, 4.69) is 36.5 Å². The molecular formula is C21H22BrN5O6S. The maximum absolute atomic E-state index is 12.3. The molecular weight excluding hydrogens is 530 g/mol. The first kappa shape index (κ1) is 25.2. The summed E-state index contributed by atoms with van der Waals surface area (Å²) in [4.78, 5) is 43.2. The molecule has 0 aliphatic carbocycles. The summed E-state index contributed by atoms with van der Waals surface area (Å²) in [5.41, 5.74) is 5.95. The molecule has 0 saturated carbocycles. The zero-order valence-electron chi connectivity index (χ0n) is 18.3. The first-order valence-electron chi connectivity index (χ1n) is 9.87. The van der Waals surface area contributed by atoms with Crippen LogP contribution in [0.4, 0.5) is 11.5 Å². The number of nitrogens with two attached hydrogens (primary N) is 1. The van der Waals surface area contributed by atoms with Crippen LogP contribution in [0.15, 0.2) is 49.4 Å². The summed E-state index contributed by atoms with van der Waals surface area (Å²) < 4.78 is 16.0. The fourth-order valence-electron chi connectivity index (χ4n) is 2.84. The monoisotopic (exact) mass is 551 g/mol. The van der Waals surface area contributed by atoms with Gasteiger partial charge in [0.05, 0.1) is 20.0 Å². The smallest absolute Gasteiger partial charge is 0.291 e. The molecule has 3 aromatic rings. The SMILES string of the molecule is COc1ccc(CCNC(=O)CSc2nc(N)c(NC(=O)c3ccc(Br)o3)c(=O)[nH]2)cc1OC. The van der Waals surface area contributed by atoms with Gasteiger partial charge in [0.1, 0.15) is 0 Å². The Morgan fingerprint density at radius 2 is 1.97 bits per heavy atom. The van der Waals surface area contributed by atoms with Gasteiger partial charge in [-0.3, -0.25) is 19.4 Å². The second kappa shape index (κ2) is 11.6. The Balaban J connectivity index is 1.50.